The quantitative estimate of drug-likeness (QED) is 0.403. The van der Waals surface area contributed by atoms with Crippen molar-refractivity contribution < 1.29 is 19.5 Å². The molecule has 8 heteroatoms. The van der Waals surface area contributed by atoms with Crippen LogP contribution in [0.15, 0.2) is 72.8 Å². The molecule has 2 aromatic rings. The summed E-state index contributed by atoms with van der Waals surface area (Å²) in [4.78, 5) is 48.7. The number of aliphatic hydroxyl groups is 1. The highest BCUT2D eigenvalue weighted by Gasteiger charge is 2.71. The Hall–Kier alpha value is -3.36. The number of aryl methyl sites for hydroxylation is 2. The standard InChI is InChI=1S/C33H37N3O4S/c1-22-11-8-12-23(2)28(22)35-19-10-16-33-27(31(39)36(18-6-7-20-37)29(33)32(35)40)26-25(41-33)15-9-17-34(30(26)38)21-24-13-4-3-5-14-24/h3-5,8-16,25-27,29,37H,6-7,17-21H2,1-2H3/t25-,26+,27+,29?,33+/m1/s1. The van der Waals surface area contributed by atoms with Gasteiger partial charge in [-0.1, -0.05) is 72.8 Å². The first-order valence-electron chi connectivity index (χ1n) is 14.5. The van der Waals surface area contributed by atoms with Crippen LogP contribution in [0.1, 0.15) is 29.5 Å². The number of nitrogens with zero attached hydrogens (tertiary/aromatic N) is 3. The minimum atomic E-state index is -0.843. The average Bonchev–Trinajstić information content (AvgIpc) is 3.27. The van der Waals surface area contributed by atoms with E-state index >= 15 is 0 Å². The molecule has 4 aliphatic heterocycles. The van der Waals surface area contributed by atoms with Crippen LogP contribution >= 0.6 is 11.8 Å². The maximum absolute atomic E-state index is 14.6. The molecule has 2 saturated heterocycles. The summed E-state index contributed by atoms with van der Waals surface area (Å²) in [6.45, 7) is 5.80. The number of thioether (sulfide) groups is 1. The van der Waals surface area contributed by atoms with Gasteiger partial charge >= 0.3 is 0 Å². The van der Waals surface area contributed by atoms with E-state index in [-0.39, 0.29) is 29.6 Å². The number of carbonyl (C=O) groups is 3. The van der Waals surface area contributed by atoms with E-state index in [1.807, 2.05) is 84.3 Å². The van der Waals surface area contributed by atoms with Crippen LogP contribution in [0.5, 0.6) is 0 Å². The van der Waals surface area contributed by atoms with Crippen molar-refractivity contribution >= 4 is 35.2 Å². The van der Waals surface area contributed by atoms with E-state index in [0.717, 1.165) is 22.4 Å². The Kier molecular flexibility index (Phi) is 7.55. The van der Waals surface area contributed by atoms with Gasteiger partial charge in [-0.2, -0.15) is 0 Å². The molecule has 1 spiro atoms. The Balaban J connectivity index is 1.41. The lowest BCUT2D eigenvalue weighted by Crippen LogP contribution is -2.53. The van der Waals surface area contributed by atoms with Crippen molar-refractivity contribution in [3.8, 4) is 0 Å². The second-order valence-corrected chi connectivity index (χ2v) is 13.0. The van der Waals surface area contributed by atoms with Crippen LogP contribution in [0.2, 0.25) is 0 Å². The van der Waals surface area contributed by atoms with Crippen LogP contribution in [0.25, 0.3) is 0 Å². The molecule has 0 aliphatic carbocycles. The van der Waals surface area contributed by atoms with E-state index in [4.69, 9.17) is 0 Å². The Bertz CT molecular complexity index is 1390. The summed E-state index contributed by atoms with van der Waals surface area (Å²) in [6, 6.07) is 15.2. The van der Waals surface area contributed by atoms with Gasteiger partial charge in [0.05, 0.1) is 16.6 Å². The van der Waals surface area contributed by atoms with E-state index in [1.54, 1.807) is 16.7 Å². The van der Waals surface area contributed by atoms with Crippen LogP contribution in [-0.4, -0.2) is 74.9 Å². The molecule has 2 aromatic carbocycles. The number of likely N-dealkylation sites (tertiary alicyclic amines) is 1. The van der Waals surface area contributed by atoms with Crippen molar-refractivity contribution in [2.75, 3.05) is 31.1 Å². The third-order valence-corrected chi connectivity index (χ3v) is 10.7. The van der Waals surface area contributed by atoms with Crippen LogP contribution in [0.4, 0.5) is 5.69 Å². The zero-order valence-corrected chi connectivity index (χ0v) is 24.4. The molecule has 0 aromatic heterocycles. The molecule has 0 saturated carbocycles. The molecule has 0 radical (unpaired) electrons. The summed E-state index contributed by atoms with van der Waals surface area (Å²) in [5.41, 5.74) is 3.94. The molecular formula is C33H37N3O4S. The predicted molar refractivity (Wildman–Crippen MR) is 161 cm³/mol. The van der Waals surface area contributed by atoms with Crippen LogP contribution < -0.4 is 4.90 Å². The summed E-state index contributed by atoms with van der Waals surface area (Å²) in [5.74, 6) is -1.45. The summed E-state index contributed by atoms with van der Waals surface area (Å²) in [7, 11) is 0. The number of rotatable bonds is 7. The molecule has 7 nitrogen and oxygen atoms in total. The number of aliphatic hydroxyl groups excluding tert-OH is 1. The number of benzene rings is 2. The number of hydrogen-bond donors (Lipinski definition) is 1. The second kappa shape index (κ2) is 11.1. The molecule has 41 heavy (non-hydrogen) atoms. The van der Waals surface area contributed by atoms with Gasteiger partial charge in [0, 0.05) is 43.7 Å². The van der Waals surface area contributed by atoms with Crippen molar-refractivity contribution in [1.82, 2.24) is 9.80 Å². The Morgan fingerprint density at radius 1 is 0.902 bits per heavy atom. The van der Waals surface area contributed by atoms with Crippen molar-refractivity contribution in [1.29, 1.82) is 0 Å². The molecular weight excluding hydrogens is 534 g/mol. The molecule has 0 bridgehead atoms. The minimum Gasteiger partial charge on any atom is -0.396 e. The van der Waals surface area contributed by atoms with Gasteiger partial charge in [-0.25, -0.2) is 0 Å². The van der Waals surface area contributed by atoms with E-state index < -0.39 is 22.6 Å². The Morgan fingerprint density at radius 2 is 1.66 bits per heavy atom. The van der Waals surface area contributed by atoms with Gasteiger partial charge in [-0.15, -0.1) is 11.8 Å². The highest BCUT2D eigenvalue weighted by molar-refractivity contribution is 8.02. The van der Waals surface area contributed by atoms with Crippen molar-refractivity contribution in [2.45, 2.75) is 49.3 Å². The smallest absolute Gasteiger partial charge is 0.251 e. The highest BCUT2D eigenvalue weighted by atomic mass is 32.2. The fraction of sp³-hybridized carbons (Fsp3) is 0.424. The third-order valence-electron chi connectivity index (χ3n) is 8.97. The zero-order chi connectivity index (χ0) is 28.7. The van der Waals surface area contributed by atoms with E-state index in [1.165, 1.54) is 0 Å². The van der Waals surface area contributed by atoms with Gasteiger partial charge in [0.1, 0.15) is 6.04 Å². The number of unbranched alkanes of at least 4 members (excludes halogenated alkanes) is 1. The summed E-state index contributed by atoms with van der Waals surface area (Å²) in [6.07, 6.45) is 9.35. The first kappa shape index (κ1) is 27.8. The first-order chi connectivity index (χ1) is 19.9. The highest BCUT2D eigenvalue weighted by Crippen LogP contribution is 2.61. The molecule has 3 amide bonds. The topological polar surface area (TPSA) is 81.2 Å². The van der Waals surface area contributed by atoms with Crippen molar-refractivity contribution in [3.63, 3.8) is 0 Å². The monoisotopic (exact) mass is 571 g/mol. The minimum absolute atomic E-state index is 0.0285. The van der Waals surface area contributed by atoms with E-state index in [0.29, 0.717) is 39.0 Å². The molecule has 4 aliphatic rings. The largest absolute Gasteiger partial charge is 0.396 e. The lowest BCUT2D eigenvalue weighted by Gasteiger charge is -2.36. The molecule has 6 rings (SSSR count). The number of fused-ring (bicyclic) bond motifs is 2. The molecule has 214 valence electrons. The lowest BCUT2D eigenvalue weighted by atomic mass is 9.78. The second-order valence-electron chi connectivity index (χ2n) is 11.5. The molecule has 1 unspecified atom stereocenters. The van der Waals surface area contributed by atoms with Gasteiger partial charge in [-0.3, -0.25) is 14.4 Å². The summed E-state index contributed by atoms with van der Waals surface area (Å²) >= 11 is 1.61. The van der Waals surface area contributed by atoms with Crippen molar-refractivity contribution in [3.05, 3.63) is 89.5 Å². The SMILES string of the molecule is Cc1cccc(C)c1N1CC=C[C@]23S[C@@H]4C=CCN(Cc5ccccc5)C(=O)[C@@H]4[C@H]2C(=O)N(CCCCO)C3C1=O. The Labute approximate surface area is 245 Å². The third kappa shape index (κ3) is 4.61. The fourth-order valence-electron chi connectivity index (χ4n) is 7.20. The average molecular weight is 572 g/mol. The van der Waals surface area contributed by atoms with Gasteiger partial charge in [0.15, 0.2) is 0 Å². The molecule has 2 fully saturated rings. The van der Waals surface area contributed by atoms with Crippen LogP contribution in [-0.2, 0) is 20.9 Å². The molecule has 5 atom stereocenters. The Morgan fingerprint density at radius 3 is 2.39 bits per heavy atom. The zero-order valence-electron chi connectivity index (χ0n) is 23.6. The summed E-state index contributed by atoms with van der Waals surface area (Å²) < 4.78 is -0.843. The van der Waals surface area contributed by atoms with Gasteiger partial charge in [-0.05, 0) is 43.4 Å². The van der Waals surface area contributed by atoms with Gasteiger partial charge in [0.2, 0.25) is 11.8 Å². The number of anilines is 1. The fourth-order valence-corrected chi connectivity index (χ4v) is 9.21. The number of hydrogen-bond acceptors (Lipinski definition) is 5. The van der Waals surface area contributed by atoms with Gasteiger partial charge in [0.25, 0.3) is 5.91 Å². The summed E-state index contributed by atoms with van der Waals surface area (Å²) in [5, 5.41) is 9.28. The number of para-hydroxylation sites is 1. The van der Waals surface area contributed by atoms with Crippen molar-refractivity contribution in [2.24, 2.45) is 11.8 Å². The van der Waals surface area contributed by atoms with Crippen LogP contribution in [0.3, 0.4) is 0 Å². The maximum Gasteiger partial charge on any atom is 0.251 e. The lowest BCUT2D eigenvalue weighted by molar-refractivity contribution is -0.143. The first-order valence-corrected chi connectivity index (χ1v) is 15.4. The molecule has 4 heterocycles. The van der Waals surface area contributed by atoms with Gasteiger partial charge < -0.3 is 19.8 Å². The van der Waals surface area contributed by atoms with E-state index in [2.05, 4.69) is 12.2 Å². The van der Waals surface area contributed by atoms with Crippen LogP contribution in [0, 0.1) is 25.7 Å². The predicted octanol–water partition coefficient (Wildman–Crippen LogP) is 3.87. The van der Waals surface area contributed by atoms with E-state index in [9.17, 15) is 19.5 Å². The maximum atomic E-state index is 14.6. The number of amides is 3. The normalized spacial score (nSPS) is 29.0. The number of carbonyl (C=O) groups excluding carboxylic acids is 3. The molecule has 1 N–H and O–H groups in total.